The number of rotatable bonds is 9. The van der Waals surface area contributed by atoms with Gasteiger partial charge in [0.1, 0.15) is 12.6 Å². The monoisotopic (exact) mass is 523 g/mol. The van der Waals surface area contributed by atoms with Crippen molar-refractivity contribution in [3.8, 4) is 0 Å². The van der Waals surface area contributed by atoms with Crippen LogP contribution in [0.15, 0.2) is 53.0 Å². The number of carbonyl (C=O) groups excluding carboxylic acids is 2. The quantitative estimate of drug-likeness (QED) is 0.545. The van der Waals surface area contributed by atoms with Crippen molar-refractivity contribution in [2.75, 3.05) is 17.1 Å². The second-order valence-electron chi connectivity index (χ2n) is 8.03. The van der Waals surface area contributed by atoms with Crippen LogP contribution in [0.5, 0.6) is 0 Å². The van der Waals surface area contributed by atoms with E-state index >= 15 is 0 Å². The Morgan fingerprint density at radius 3 is 2.16 bits per heavy atom. The molecular weight excluding hydrogens is 494 g/mol. The first kappa shape index (κ1) is 25.9. The van der Waals surface area contributed by atoms with Gasteiger partial charge in [0.15, 0.2) is 0 Å². The first-order chi connectivity index (χ1) is 14.9. The Kier molecular flexibility index (Phi) is 8.86. The molecule has 2 aromatic carbocycles. The fraction of sp³-hybridized carbons (Fsp3) is 0.391. The lowest BCUT2D eigenvalue weighted by Crippen LogP contribution is -2.52. The molecule has 1 atom stereocenters. The van der Waals surface area contributed by atoms with Crippen LogP contribution in [0.4, 0.5) is 5.69 Å². The van der Waals surface area contributed by atoms with Crippen LogP contribution in [0.3, 0.4) is 0 Å². The predicted molar refractivity (Wildman–Crippen MR) is 131 cm³/mol. The Labute approximate surface area is 199 Å². The summed E-state index contributed by atoms with van der Waals surface area (Å²) in [5.41, 5.74) is 2.24. The molecule has 0 unspecified atom stereocenters. The number of nitrogens with zero attached hydrogens (tertiary/aromatic N) is 2. The van der Waals surface area contributed by atoms with Crippen molar-refractivity contribution in [2.45, 2.75) is 46.3 Å². The number of aryl methyl sites for hydroxylation is 1. The molecule has 2 aromatic rings. The van der Waals surface area contributed by atoms with Gasteiger partial charge in [0.25, 0.3) is 0 Å². The molecule has 0 fully saturated rings. The van der Waals surface area contributed by atoms with E-state index in [0.717, 1.165) is 26.2 Å². The highest BCUT2D eigenvalue weighted by Crippen LogP contribution is 2.22. The highest BCUT2D eigenvalue weighted by atomic mass is 79.9. The maximum atomic E-state index is 13.4. The molecule has 0 aromatic heterocycles. The van der Waals surface area contributed by atoms with Crippen LogP contribution in [-0.4, -0.2) is 50.0 Å². The van der Waals surface area contributed by atoms with Gasteiger partial charge in [-0.15, -0.1) is 0 Å². The van der Waals surface area contributed by atoms with E-state index in [-0.39, 0.29) is 18.5 Å². The van der Waals surface area contributed by atoms with E-state index in [1.165, 1.54) is 4.90 Å². The van der Waals surface area contributed by atoms with Crippen LogP contribution in [-0.2, 0) is 26.2 Å². The number of halogens is 1. The molecule has 2 rings (SSSR count). The third-order valence-corrected chi connectivity index (χ3v) is 6.66. The van der Waals surface area contributed by atoms with Gasteiger partial charge in [0.05, 0.1) is 11.9 Å². The number of nitrogens with one attached hydrogen (secondary N) is 1. The summed E-state index contributed by atoms with van der Waals surface area (Å²) in [5, 5.41) is 2.83. The highest BCUT2D eigenvalue weighted by molar-refractivity contribution is 9.10. The van der Waals surface area contributed by atoms with E-state index in [1.807, 2.05) is 45.0 Å². The van der Waals surface area contributed by atoms with Crippen molar-refractivity contribution >= 4 is 43.5 Å². The molecular formula is C23H30BrN3O4S. The zero-order valence-electron chi connectivity index (χ0n) is 19.0. The van der Waals surface area contributed by atoms with E-state index in [4.69, 9.17) is 0 Å². The molecule has 0 aliphatic carbocycles. The van der Waals surface area contributed by atoms with Crippen LogP contribution in [0.1, 0.15) is 31.9 Å². The number of hydrogen-bond acceptors (Lipinski definition) is 4. The second-order valence-corrected chi connectivity index (χ2v) is 10.9. The average Bonchev–Trinajstić information content (AvgIpc) is 2.70. The summed E-state index contributed by atoms with van der Waals surface area (Å²) >= 11 is 3.33. The average molecular weight is 524 g/mol. The van der Waals surface area contributed by atoms with Crippen LogP contribution in [0, 0.1) is 6.92 Å². The molecule has 0 aliphatic heterocycles. The van der Waals surface area contributed by atoms with Crippen LogP contribution in [0.2, 0.25) is 0 Å². The second kappa shape index (κ2) is 11.0. The topological polar surface area (TPSA) is 86.8 Å². The van der Waals surface area contributed by atoms with E-state index < -0.39 is 28.5 Å². The van der Waals surface area contributed by atoms with Crippen LogP contribution >= 0.6 is 15.9 Å². The number of benzene rings is 2. The molecule has 0 aliphatic rings. The van der Waals surface area contributed by atoms with E-state index in [1.54, 1.807) is 31.2 Å². The Bertz CT molecular complexity index is 1060. The Morgan fingerprint density at radius 1 is 1.03 bits per heavy atom. The molecule has 0 saturated heterocycles. The Morgan fingerprint density at radius 2 is 1.62 bits per heavy atom. The fourth-order valence-corrected chi connectivity index (χ4v) is 4.29. The van der Waals surface area contributed by atoms with Gasteiger partial charge in [-0.05, 0) is 63.1 Å². The third kappa shape index (κ3) is 7.06. The first-order valence-electron chi connectivity index (χ1n) is 10.3. The van der Waals surface area contributed by atoms with Crippen molar-refractivity contribution in [1.82, 2.24) is 10.2 Å². The largest absolute Gasteiger partial charge is 0.352 e. The van der Waals surface area contributed by atoms with E-state index in [0.29, 0.717) is 5.69 Å². The molecule has 174 valence electrons. The molecule has 2 amide bonds. The molecule has 0 bridgehead atoms. The Balaban J connectivity index is 2.39. The lowest BCUT2D eigenvalue weighted by Gasteiger charge is -2.32. The van der Waals surface area contributed by atoms with Crippen molar-refractivity contribution in [1.29, 1.82) is 0 Å². The van der Waals surface area contributed by atoms with Gasteiger partial charge in [-0.3, -0.25) is 13.9 Å². The molecule has 9 heteroatoms. The summed E-state index contributed by atoms with van der Waals surface area (Å²) in [6.07, 6.45) is 1.06. The van der Waals surface area contributed by atoms with Crippen molar-refractivity contribution in [3.05, 3.63) is 64.1 Å². The molecule has 7 nitrogen and oxygen atoms in total. The van der Waals surface area contributed by atoms with Gasteiger partial charge in [-0.2, -0.15) is 0 Å². The minimum absolute atomic E-state index is 0.0874. The summed E-state index contributed by atoms with van der Waals surface area (Å²) in [5.74, 6) is -0.760. The van der Waals surface area contributed by atoms with Crippen molar-refractivity contribution < 1.29 is 18.0 Å². The number of carbonyl (C=O) groups is 2. The molecule has 0 saturated carbocycles. The first-order valence-corrected chi connectivity index (χ1v) is 12.9. The summed E-state index contributed by atoms with van der Waals surface area (Å²) in [6, 6.07) is 13.4. The molecule has 32 heavy (non-hydrogen) atoms. The normalized spacial score (nSPS) is 12.3. The maximum absolute atomic E-state index is 13.4. The molecule has 0 spiro atoms. The number of hydrogen-bond donors (Lipinski definition) is 1. The lowest BCUT2D eigenvalue weighted by atomic mass is 10.1. The zero-order chi connectivity index (χ0) is 24.1. The van der Waals surface area contributed by atoms with Gasteiger partial charge in [-0.25, -0.2) is 8.42 Å². The van der Waals surface area contributed by atoms with Crippen molar-refractivity contribution in [3.63, 3.8) is 0 Å². The Hall–Kier alpha value is -2.39. The smallest absolute Gasteiger partial charge is 0.244 e. The maximum Gasteiger partial charge on any atom is 0.244 e. The van der Waals surface area contributed by atoms with E-state index in [9.17, 15) is 18.0 Å². The predicted octanol–water partition coefficient (Wildman–Crippen LogP) is 3.47. The van der Waals surface area contributed by atoms with Gasteiger partial charge >= 0.3 is 0 Å². The zero-order valence-corrected chi connectivity index (χ0v) is 21.4. The minimum Gasteiger partial charge on any atom is -0.352 e. The number of anilines is 1. The van der Waals surface area contributed by atoms with Gasteiger partial charge in [0.2, 0.25) is 21.8 Å². The van der Waals surface area contributed by atoms with Gasteiger partial charge in [0, 0.05) is 17.1 Å². The SMILES string of the molecule is Cc1ccccc1CN(C(=O)CN(c1ccc(Br)cc1)S(C)(=O)=O)[C@H](C)C(=O)NC(C)C. The lowest BCUT2D eigenvalue weighted by molar-refractivity contribution is -0.139. The highest BCUT2D eigenvalue weighted by Gasteiger charge is 2.30. The van der Waals surface area contributed by atoms with E-state index in [2.05, 4.69) is 21.2 Å². The molecule has 0 heterocycles. The number of sulfonamides is 1. The summed E-state index contributed by atoms with van der Waals surface area (Å²) in [7, 11) is -3.74. The third-order valence-electron chi connectivity index (χ3n) is 4.99. The van der Waals surface area contributed by atoms with Crippen molar-refractivity contribution in [2.24, 2.45) is 0 Å². The number of amides is 2. The summed E-state index contributed by atoms with van der Waals surface area (Å²) in [6.45, 7) is 7.05. The van der Waals surface area contributed by atoms with Crippen LogP contribution < -0.4 is 9.62 Å². The minimum atomic E-state index is -3.74. The molecule has 0 radical (unpaired) electrons. The molecule has 1 N–H and O–H groups in total. The fourth-order valence-electron chi connectivity index (χ4n) is 3.18. The summed E-state index contributed by atoms with van der Waals surface area (Å²) < 4.78 is 26.8. The summed E-state index contributed by atoms with van der Waals surface area (Å²) in [4.78, 5) is 27.6. The standard InChI is InChI=1S/C23H30BrN3O4S/c1-16(2)25-23(29)18(4)26(14-19-9-7-6-8-17(19)3)22(28)15-27(32(5,30)31)21-12-10-20(24)11-13-21/h6-13,16,18H,14-15H2,1-5H3,(H,25,29)/t18-/m1/s1. The van der Waals surface area contributed by atoms with Gasteiger partial charge in [-0.1, -0.05) is 40.2 Å². The van der Waals surface area contributed by atoms with Gasteiger partial charge < -0.3 is 10.2 Å². The van der Waals surface area contributed by atoms with Crippen LogP contribution in [0.25, 0.3) is 0 Å².